The summed E-state index contributed by atoms with van der Waals surface area (Å²) in [6.45, 7) is 7.50. The van der Waals surface area contributed by atoms with Crippen molar-refractivity contribution in [1.82, 2.24) is 7.94 Å². The minimum atomic E-state index is -3.67. The van der Waals surface area contributed by atoms with Crippen molar-refractivity contribution in [3.8, 4) is 0 Å². The lowest BCUT2D eigenvalue weighted by atomic mass is 10.1. The summed E-state index contributed by atoms with van der Waals surface area (Å²) >= 11 is 0. The standard InChI is InChI=1S/C17H15NO2S.C16H13NO3S/c1-3-14-8-7-11-16-17(14)13(2)12-18(16)21(19,20)15-9-5-4-6-10-15;1-12-10-17(15-9-5-6-13(11-18)16(12)15)21(19,20)14-7-3-2-4-8-14/h3-12H,1H2,2H3;2-11H,1H3. The molecule has 6 rings (SSSR count). The highest BCUT2D eigenvalue weighted by molar-refractivity contribution is 7.90. The maximum atomic E-state index is 12.8. The van der Waals surface area contributed by atoms with E-state index in [1.165, 1.54) is 7.94 Å². The molecule has 0 amide bonds. The molecule has 2 heterocycles. The number of nitrogens with zero attached hydrogens (tertiary/aromatic N) is 2. The number of aldehydes is 1. The minimum absolute atomic E-state index is 0.221. The van der Waals surface area contributed by atoms with Gasteiger partial charge in [0.15, 0.2) is 6.29 Å². The van der Waals surface area contributed by atoms with Crippen LogP contribution in [0.5, 0.6) is 0 Å². The minimum Gasteiger partial charge on any atom is -0.298 e. The summed E-state index contributed by atoms with van der Waals surface area (Å²) in [5.74, 6) is 0. The molecule has 0 unspecified atom stereocenters. The maximum absolute atomic E-state index is 12.8. The summed E-state index contributed by atoms with van der Waals surface area (Å²) in [5, 5.41) is 1.60. The first kappa shape index (κ1) is 28.8. The highest BCUT2D eigenvalue weighted by Gasteiger charge is 2.22. The summed E-state index contributed by atoms with van der Waals surface area (Å²) in [6, 6.07) is 27.4. The van der Waals surface area contributed by atoms with E-state index >= 15 is 0 Å². The third-order valence-electron chi connectivity index (χ3n) is 6.98. The smallest absolute Gasteiger partial charge is 0.268 e. The van der Waals surface area contributed by atoms with E-state index in [9.17, 15) is 21.6 Å². The van der Waals surface area contributed by atoms with E-state index in [-0.39, 0.29) is 9.79 Å². The Labute approximate surface area is 245 Å². The normalized spacial score (nSPS) is 11.7. The monoisotopic (exact) mass is 596 g/mol. The SMILES string of the molecule is C=Cc1cccc2c1c(C)cn2S(=O)(=O)c1ccccc1.Cc1cn(S(=O)(=O)c2ccccc2)c2cccc(C=O)c12. The first-order valence-electron chi connectivity index (χ1n) is 13.0. The fourth-order valence-electron chi connectivity index (χ4n) is 5.04. The molecule has 0 spiro atoms. The zero-order chi connectivity index (χ0) is 30.1. The lowest BCUT2D eigenvalue weighted by molar-refractivity contribution is 0.112. The van der Waals surface area contributed by atoms with Gasteiger partial charge < -0.3 is 0 Å². The van der Waals surface area contributed by atoms with Crippen LogP contribution in [-0.4, -0.2) is 31.1 Å². The highest BCUT2D eigenvalue weighted by atomic mass is 32.2. The Kier molecular flexibility index (Phi) is 7.73. The van der Waals surface area contributed by atoms with Crippen molar-refractivity contribution in [2.45, 2.75) is 23.6 Å². The molecule has 0 fully saturated rings. The molecular weight excluding hydrogens is 569 g/mol. The van der Waals surface area contributed by atoms with Crippen LogP contribution in [0.3, 0.4) is 0 Å². The Bertz CT molecular complexity index is 2000. The summed E-state index contributed by atoms with van der Waals surface area (Å²) in [5.41, 5.74) is 4.29. The third kappa shape index (κ3) is 4.97. The van der Waals surface area contributed by atoms with Gasteiger partial charge in [0.1, 0.15) is 0 Å². The molecule has 4 aromatic carbocycles. The second kappa shape index (κ2) is 11.3. The van der Waals surface area contributed by atoms with Crippen molar-refractivity contribution in [2.75, 3.05) is 0 Å². The van der Waals surface area contributed by atoms with Gasteiger partial charge in [-0.3, -0.25) is 4.79 Å². The zero-order valence-electron chi connectivity index (χ0n) is 23.0. The molecule has 0 atom stereocenters. The molecule has 0 aliphatic heterocycles. The van der Waals surface area contributed by atoms with Crippen molar-refractivity contribution < 1.29 is 21.6 Å². The Morgan fingerprint density at radius 1 is 0.571 bits per heavy atom. The fraction of sp³-hybridized carbons (Fsp3) is 0.0606. The molecule has 7 nitrogen and oxygen atoms in total. The molecule has 0 aliphatic rings. The van der Waals surface area contributed by atoms with Crippen molar-refractivity contribution >= 4 is 54.2 Å². The van der Waals surface area contributed by atoms with E-state index in [0.29, 0.717) is 22.0 Å². The second-order valence-corrected chi connectivity index (χ2v) is 13.3. The van der Waals surface area contributed by atoms with Crippen LogP contribution < -0.4 is 0 Å². The number of aromatic nitrogens is 2. The molecule has 0 bridgehead atoms. The number of carbonyl (C=O) groups is 1. The first-order valence-corrected chi connectivity index (χ1v) is 15.9. The van der Waals surface area contributed by atoms with Crippen LogP contribution in [0.1, 0.15) is 27.0 Å². The Morgan fingerprint density at radius 3 is 1.38 bits per heavy atom. The van der Waals surface area contributed by atoms with Crippen LogP contribution in [0.4, 0.5) is 0 Å². The second-order valence-electron chi connectivity index (χ2n) is 9.66. The number of hydrogen-bond donors (Lipinski definition) is 0. The van der Waals surface area contributed by atoms with Crippen LogP contribution in [0.2, 0.25) is 0 Å². The van der Waals surface area contributed by atoms with E-state index in [1.807, 2.05) is 25.1 Å². The van der Waals surface area contributed by atoms with Gasteiger partial charge in [0.05, 0.1) is 20.8 Å². The van der Waals surface area contributed by atoms with Gasteiger partial charge in [-0.15, -0.1) is 0 Å². The number of carbonyl (C=O) groups excluding carboxylic acids is 1. The number of benzene rings is 4. The summed E-state index contributed by atoms with van der Waals surface area (Å²) in [4.78, 5) is 11.6. The van der Waals surface area contributed by atoms with Crippen LogP contribution in [-0.2, 0) is 20.0 Å². The van der Waals surface area contributed by atoms with Crippen LogP contribution in [0, 0.1) is 13.8 Å². The molecule has 212 valence electrons. The summed E-state index contributed by atoms with van der Waals surface area (Å²) in [6.07, 6.45) is 5.71. The lowest BCUT2D eigenvalue weighted by Gasteiger charge is -2.07. The van der Waals surface area contributed by atoms with Gasteiger partial charge in [-0.1, -0.05) is 73.3 Å². The molecule has 6 aromatic rings. The van der Waals surface area contributed by atoms with Crippen LogP contribution in [0.15, 0.2) is 126 Å². The van der Waals surface area contributed by atoms with Gasteiger partial charge in [-0.2, -0.15) is 0 Å². The van der Waals surface area contributed by atoms with Gasteiger partial charge in [-0.25, -0.2) is 24.8 Å². The van der Waals surface area contributed by atoms with Gasteiger partial charge in [-0.05, 0) is 66.9 Å². The van der Waals surface area contributed by atoms with Crippen molar-refractivity contribution in [3.63, 3.8) is 0 Å². The van der Waals surface area contributed by atoms with Crippen LogP contribution >= 0.6 is 0 Å². The molecule has 0 N–H and O–H groups in total. The first-order chi connectivity index (χ1) is 20.1. The highest BCUT2D eigenvalue weighted by Crippen LogP contribution is 2.29. The number of fused-ring (bicyclic) bond motifs is 2. The fourth-order valence-corrected chi connectivity index (χ4v) is 7.91. The van der Waals surface area contributed by atoms with Crippen molar-refractivity contribution in [2.24, 2.45) is 0 Å². The molecule has 9 heteroatoms. The number of aryl methyl sites for hydroxylation is 2. The van der Waals surface area contributed by atoms with Gasteiger partial charge in [0, 0.05) is 28.7 Å². The van der Waals surface area contributed by atoms with Crippen molar-refractivity contribution in [3.05, 3.63) is 138 Å². The van der Waals surface area contributed by atoms with E-state index < -0.39 is 20.0 Å². The lowest BCUT2D eigenvalue weighted by Crippen LogP contribution is -2.11. The van der Waals surface area contributed by atoms with E-state index in [2.05, 4.69) is 6.58 Å². The maximum Gasteiger partial charge on any atom is 0.268 e. The van der Waals surface area contributed by atoms with Gasteiger partial charge in [0.2, 0.25) is 0 Å². The molecule has 2 aromatic heterocycles. The van der Waals surface area contributed by atoms with E-state index in [1.54, 1.807) is 104 Å². The quantitative estimate of drug-likeness (QED) is 0.197. The van der Waals surface area contributed by atoms with E-state index in [4.69, 9.17) is 0 Å². The average Bonchev–Trinajstić information content (AvgIpc) is 3.56. The average molecular weight is 597 g/mol. The molecular formula is C33H28N2O5S2. The molecule has 0 aliphatic carbocycles. The molecule has 0 saturated heterocycles. The molecule has 0 radical (unpaired) electrons. The molecule has 42 heavy (non-hydrogen) atoms. The Hall–Kier alpha value is -4.73. The zero-order valence-corrected chi connectivity index (χ0v) is 24.6. The third-order valence-corrected chi connectivity index (χ3v) is 10.4. The Morgan fingerprint density at radius 2 is 0.976 bits per heavy atom. The van der Waals surface area contributed by atoms with E-state index in [0.717, 1.165) is 28.4 Å². The summed E-state index contributed by atoms with van der Waals surface area (Å²) < 4.78 is 53.6. The largest absolute Gasteiger partial charge is 0.298 e. The Balaban J connectivity index is 0.000000168. The number of hydrogen-bond acceptors (Lipinski definition) is 5. The topological polar surface area (TPSA) is 95.2 Å². The molecule has 0 saturated carbocycles. The number of rotatable bonds is 6. The van der Waals surface area contributed by atoms with Gasteiger partial charge in [0.25, 0.3) is 20.0 Å². The predicted octanol–water partition coefficient (Wildman–Crippen LogP) is 6.83. The van der Waals surface area contributed by atoms with Crippen LogP contribution in [0.25, 0.3) is 27.9 Å². The van der Waals surface area contributed by atoms with Crippen molar-refractivity contribution in [1.29, 1.82) is 0 Å². The predicted molar refractivity (Wildman–Crippen MR) is 167 cm³/mol. The van der Waals surface area contributed by atoms with Gasteiger partial charge >= 0.3 is 0 Å². The summed E-state index contributed by atoms with van der Waals surface area (Å²) in [7, 11) is -7.26.